The van der Waals surface area contributed by atoms with E-state index in [0.29, 0.717) is 23.1 Å². The lowest BCUT2D eigenvalue weighted by atomic mass is 9.90. The number of nitrogens with two attached hydrogens (primary N) is 1. The van der Waals surface area contributed by atoms with Gasteiger partial charge in [0.15, 0.2) is 11.6 Å². The summed E-state index contributed by atoms with van der Waals surface area (Å²) >= 11 is 0. The molecule has 2 aliphatic rings. The molecule has 2 fully saturated rings. The number of halogens is 2. The number of hydrogen-bond acceptors (Lipinski definition) is 6. The Labute approximate surface area is 162 Å². The summed E-state index contributed by atoms with van der Waals surface area (Å²) in [4.78, 5) is 11.1. The highest BCUT2D eigenvalue weighted by molar-refractivity contribution is 5.65. The molecule has 0 unspecified atom stereocenters. The molecular weight excluding hydrogens is 366 g/mol. The van der Waals surface area contributed by atoms with Gasteiger partial charge in [-0.2, -0.15) is 8.78 Å². The normalized spacial score (nSPS) is 17.7. The number of aromatic nitrogens is 2. The Morgan fingerprint density at radius 2 is 2.00 bits per heavy atom. The standard InChI is InChI=1S/C20H24F2N4O2/c21-20(22)28-18-8-14(9-24-19(18)23)17-7-13(6-16(25-17)12-2-3-12)15-10-26(11-15)4-1-5-27/h6-9,12,15,20,27H,1-5,10-11H2,(H2,23,24). The quantitative estimate of drug-likeness (QED) is 0.721. The minimum atomic E-state index is -2.96. The molecule has 28 heavy (non-hydrogen) atoms. The van der Waals surface area contributed by atoms with Crippen LogP contribution in [0.1, 0.15) is 42.4 Å². The number of aliphatic hydroxyl groups is 1. The van der Waals surface area contributed by atoms with Gasteiger partial charge in [0, 0.05) is 55.5 Å². The molecule has 4 rings (SSSR count). The van der Waals surface area contributed by atoms with Gasteiger partial charge in [-0.25, -0.2) is 4.98 Å². The summed E-state index contributed by atoms with van der Waals surface area (Å²) < 4.78 is 29.7. The zero-order valence-corrected chi connectivity index (χ0v) is 15.5. The second-order valence-corrected chi connectivity index (χ2v) is 7.50. The van der Waals surface area contributed by atoms with Crippen LogP contribution in [-0.4, -0.2) is 52.8 Å². The van der Waals surface area contributed by atoms with Crippen LogP contribution in [0.5, 0.6) is 5.75 Å². The predicted molar refractivity (Wildman–Crippen MR) is 101 cm³/mol. The second kappa shape index (κ2) is 7.97. The molecule has 3 heterocycles. The van der Waals surface area contributed by atoms with Crippen molar-refractivity contribution in [2.45, 2.75) is 37.7 Å². The summed E-state index contributed by atoms with van der Waals surface area (Å²) in [5.41, 5.74) is 9.24. The molecular formula is C20H24F2N4O2. The maximum Gasteiger partial charge on any atom is 0.387 e. The number of pyridine rings is 2. The van der Waals surface area contributed by atoms with Crippen molar-refractivity contribution in [3.63, 3.8) is 0 Å². The zero-order valence-electron chi connectivity index (χ0n) is 15.5. The van der Waals surface area contributed by atoms with E-state index < -0.39 is 6.61 Å². The minimum Gasteiger partial charge on any atom is -0.431 e. The van der Waals surface area contributed by atoms with Crippen LogP contribution in [0.15, 0.2) is 24.4 Å². The van der Waals surface area contributed by atoms with Crippen molar-refractivity contribution in [3.8, 4) is 17.0 Å². The van der Waals surface area contributed by atoms with E-state index in [0.717, 1.165) is 44.6 Å². The van der Waals surface area contributed by atoms with Crippen molar-refractivity contribution in [1.82, 2.24) is 14.9 Å². The van der Waals surface area contributed by atoms with Crippen molar-refractivity contribution in [1.29, 1.82) is 0 Å². The number of aliphatic hydroxyl groups excluding tert-OH is 1. The number of likely N-dealkylation sites (tertiary alicyclic amines) is 1. The van der Waals surface area contributed by atoms with Crippen molar-refractivity contribution in [2.75, 3.05) is 32.0 Å². The van der Waals surface area contributed by atoms with Crippen molar-refractivity contribution < 1.29 is 18.6 Å². The lowest BCUT2D eigenvalue weighted by Crippen LogP contribution is -2.45. The van der Waals surface area contributed by atoms with Crippen molar-refractivity contribution >= 4 is 5.82 Å². The van der Waals surface area contributed by atoms with Crippen LogP contribution in [0.4, 0.5) is 14.6 Å². The van der Waals surface area contributed by atoms with Crippen LogP contribution < -0.4 is 10.5 Å². The summed E-state index contributed by atoms with van der Waals surface area (Å²) in [5, 5.41) is 8.97. The molecule has 1 aliphatic carbocycles. The Hall–Kier alpha value is -2.32. The average Bonchev–Trinajstić information content (AvgIpc) is 3.47. The van der Waals surface area contributed by atoms with Gasteiger partial charge in [-0.1, -0.05) is 0 Å². The molecule has 0 aromatic carbocycles. The van der Waals surface area contributed by atoms with E-state index in [-0.39, 0.29) is 18.2 Å². The molecule has 0 amide bonds. The van der Waals surface area contributed by atoms with Gasteiger partial charge in [0.1, 0.15) is 0 Å². The highest BCUT2D eigenvalue weighted by Crippen LogP contribution is 2.42. The number of nitrogens with zero attached hydrogens (tertiary/aromatic N) is 3. The van der Waals surface area contributed by atoms with Gasteiger partial charge in [0.05, 0.1) is 5.69 Å². The first-order valence-electron chi connectivity index (χ1n) is 9.59. The summed E-state index contributed by atoms with van der Waals surface area (Å²) in [6, 6.07) is 5.67. The molecule has 0 bridgehead atoms. The lowest BCUT2D eigenvalue weighted by Gasteiger charge is -2.39. The Balaban J connectivity index is 1.60. The van der Waals surface area contributed by atoms with Crippen LogP contribution >= 0.6 is 0 Å². The van der Waals surface area contributed by atoms with Gasteiger partial charge in [0.2, 0.25) is 0 Å². The number of ether oxygens (including phenoxy) is 1. The first-order chi connectivity index (χ1) is 13.5. The average molecular weight is 390 g/mol. The molecule has 1 aliphatic heterocycles. The Morgan fingerprint density at radius 1 is 1.21 bits per heavy atom. The Morgan fingerprint density at radius 3 is 2.68 bits per heavy atom. The van der Waals surface area contributed by atoms with Crippen molar-refractivity contribution in [3.05, 3.63) is 35.7 Å². The van der Waals surface area contributed by atoms with Gasteiger partial charge in [-0.05, 0) is 43.0 Å². The van der Waals surface area contributed by atoms with E-state index in [2.05, 4.69) is 20.7 Å². The van der Waals surface area contributed by atoms with E-state index in [1.54, 1.807) is 6.20 Å². The van der Waals surface area contributed by atoms with Gasteiger partial charge < -0.3 is 20.5 Å². The molecule has 150 valence electrons. The molecule has 1 saturated heterocycles. The molecule has 2 aromatic heterocycles. The van der Waals surface area contributed by atoms with Crippen LogP contribution in [0.3, 0.4) is 0 Å². The number of alkyl halides is 2. The fourth-order valence-corrected chi connectivity index (χ4v) is 3.59. The third kappa shape index (κ3) is 4.23. The number of hydrogen-bond donors (Lipinski definition) is 2. The zero-order chi connectivity index (χ0) is 19.7. The van der Waals surface area contributed by atoms with E-state index >= 15 is 0 Å². The molecule has 1 saturated carbocycles. The second-order valence-electron chi connectivity index (χ2n) is 7.50. The molecule has 8 heteroatoms. The van der Waals surface area contributed by atoms with Crippen molar-refractivity contribution in [2.24, 2.45) is 0 Å². The number of anilines is 1. The summed E-state index contributed by atoms with van der Waals surface area (Å²) in [5.74, 6) is 0.687. The predicted octanol–water partition coefficient (Wildman–Crippen LogP) is 2.99. The largest absolute Gasteiger partial charge is 0.431 e. The summed E-state index contributed by atoms with van der Waals surface area (Å²) in [7, 11) is 0. The first kappa shape index (κ1) is 19.0. The van der Waals surface area contributed by atoms with Crippen LogP contribution in [-0.2, 0) is 0 Å². The first-order valence-corrected chi connectivity index (χ1v) is 9.59. The molecule has 6 nitrogen and oxygen atoms in total. The van der Waals surface area contributed by atoms with Gasteiger partial charge >= 0.3 is 6.61 Å². The number of rotatable bonds is 8. The van der Waals surface area contributed by atoms with E-state index in [4.69, 9.17) is 15.8 Å². The van der Waals surface area contributed by atoms with Gasteiger partial charge in [0.25, 0.3) is 0 Å². The van der Waals surface area contributed by atoms with E-state index in [1.807, 2.05) is 6.07 Å². The molecule has 0 spiro atoms. The Bertz CT molecular complexity index is 839. The minimum absolute atomic E-state index is 0.0684. The third-order valence-electron chi connectivity index (χ3n) is 5.32. The highest BCUT2D eigenvalue weighted by Gasteiger charge is 2.31. The summed E-state index contributed by atoms with van der Waals surface area (Å²) in [6.07, 6.45) is 4.59. The topological polar surface area (TPSA) is 84.5 Å². The maximum absolute atomic E-state index is 12.6. The van der Waals surface area contributed by atoms with Gasteiger partial charge in [-0.15, -0.1) is 0 Å². The fraction of sp³-hybridized carbons (Fsp3) is 0.500. The SMILES string of the molecule is Nc1ncc(-c2cc(C3CN(CCCO)C3)cc(C3CC3)n2)cc1OC(F)F. The fourth-order valence-electron chi connectivity index (χ4n) is 3.59. The smallest absolute Gasteiger partial charge is 0.387 e. The summed E-state index contributed by atoms with van der Waals surface area (Å²) in [6.45, 7) is 0.0529. The highest BCUT2D eigenvalue weighted by atomic mass is 19.3. The monoisotopic (exact) mass is 390 g/mol. The lowest BCUT2D eigenvalue weighted by molar-refractivity contribution is -0.0494. The third-order valence-corrected chi connectivity index (χ3v) is 5.32. The van der Waals surface area contributed by atoms with Gasteiger partial charge in [-0.3, -0.25) is 4.98 Å². The van der Waals surface area contributed by atoms with Crippen LogP contribution in [0.25, 0.3) is 11.3 Å². The molecule has 3 N–H and O–H groups in total. The molecule has 0 atom stereocenters. The maximum atomic E-state index is 12.6. The van der Waals surface area contributed by atoms with Crippen LogP contribution in [0, 0.1) is 0 Å². The van der Waals surface area contributed by atoms with Crippen LogP contribution in [0.2, 0.25) is 0 Å². The molecule has 0 radical (unpaired) electrons. The van der Waals surface area contributed by atoms with E-state index in [9.17, 15) is 8.78 Å². The van der Waals surface area contributed by atoms with E-state index in [1.165, 1.54) is 11.6 Å². The number of nitrogen functional groups attached to an aromatic ring is 1. The molecule has 2 aromatic rings. The Kier molecular flexibility index (Phi) is 5.41.